The minimum absolute atomic E-state index is 0. The zero-order valence-corrected chi connectivity index (χ0v) is 12.3. The second-order valence-electron chi connectivity index (χ2n) is 5.95. The van der Waals surface area contributed by atoms with E-state index in [-0.39, 0.29) is 30.3 Å². The van der Waals surface area contributed by atoms with E-state index in [1.165, 1.54) is 0 Å². The van der Waals surface area contributed by atoms with Crippen LogP contribution in [0.15, 0.2) is 0 Å². The molecule has 0 aliphatic heterocycles. The fourth-order valence-corrected chi connectivity index (χ4v) is 3.96. The normalized spacial score (nSPS) is 35.8. The first-order valence-corrected chi connectivity index (χ1v) is 6.66. The number of carboxylic acid groups (broad SMARTS) is 2. The van der Waals surface area contributed by atoms with Crippen LogP contribution in [0.2, 0.25) is 0 Å². The standard InChI is InChI=1S/C12H16N2O7.ClH/c13-3-5(15)14-12(21-10(18)19)4-11(1-2-11)6-7(12)8(6)20-9(16)17;/h6-8H,1-4,13H2,(H,14,15)(H,16,17)(H,18,19);1H/t6-,7-,8-,12-;/m0./s1. The second-order valence-corrected chi connectivity index (χ2v) is 5.95. The van der Waals surface area contributed by atoms with Gasteiger partial charge in [0, 0.05) is 12.3 Å². The highest BCUT2D eigenvalue weighted by atomic mass is 35.5. The third-order valence-corrected chi connectivity index (χ3v) is 4.75. The maximum Gasteiger partial charge on any atom is 0.507 e. The molecule has 3 aliphatic carbocycles. The number of rotatable bonds is 4. The fourth-order valence-electron chi connectivity index (χ4n) is 3.96. The number of nitrogens with two attached hydrogens (primary N) is 1. The van der Waals surface area contributed by atoms with Crippen molar-refractivity contribution in [2.24, 2.45) is 23.0 Å². The number of hydrogen-bond acceptors (Lipinski definition) is 6. The molecule has 3 aliphatic rings. The molecular formula is C12H17ClN2O7. The van der Waals surface area contributed by atoms with E-state index in [0.29, 0.717) is 6.42 Å². The lowest BCUT2D eigenvalue weighted by molar-refractivity contribution is -0.132. The van der Waals surface area contributed by atoms with E-state index >= 15 is 0 Å². The molecule has 1 amide bonds. The van der Waals surface area contributed by atoms with Crippen molar-refractivity contribution in [3.8, 4) is 0 Å². The molecule has 3 rings (SSSR count). The van der Waals surface area contributed by atoms with E-state index in [0.717, 1.165) is 12.8 Å². The summed E-state index contributed by atoms with van der Waals surface area (Å²) >= 11 is 0. The van der Waals surface area contributed by atoms with Crippen LogP contribution in [-0.2, 0) is 14.3 Å². The maximum atomic E-state index is 11.6. The van der Waals surface area contributed by atoms with Crippen LogP contribution in [-0.4, -0.2) is 46.8 Å². The van der Waals surface area contributed by atoms with Crippen molar-refractivity contribution < 1.29 is 34.1 Å². The van der Waals surface area contributed by atoms with Gasteiger partial charge in [-0.2, -0.15) is 0 Å². The number of carbonyl (C=O) groups excluding carboxylic acids is 1. The molecule has 5 N–H and O–H groups in total. The number of hydrogen-bond donors (Lipinski definition) is 4. The number of halogens is 1. The molecule has 0 saturated heterocycles. The maximum absolute atomic E-state index is 11.6. The summed E-state index contributed by atoms with van der Waals surface area (Å²) in [6, 6.07) is 0. The van der Waals surface area contributed by atoms with E-state index < -0.39 is 36.0 Å². The third-order valence-electron chi connectivity index (χ3n) is 4.75. The third kappa shape index (κ3) is 2.44. The van der Waals surface area contributed by atoms with E-state index in [1.807, 2.05) is 0 Å². The summed E-state index contributed by atoms with van der Waals surface area (Å²) in [4.78, 5) is 33.3. The molecule has 0 radical (unpaired) electrons. The van der Waals surface area contributed by atoms with Crippen molar-refractivity contribution in [3.63, 3.8) is 0 Å². The largest absolute Gasteiger partial charge is 0.507 e. The van der Waals surface area contributed by atoms with E-state index in [9.17, 15) is 14.4 Å². The molecule has 4 atom stereocenters. The van der Waals surface area contributed by atoms with Crippen LogP contribution in [0.1, 0.15) is 19.3 Å². The lowest BCUT2D eigenvalue weighted by atomic mass is 9.96. The van der Waals surface area contributed by atoms with Gasteiger partial charge < -0.3 is 30.7 Å². The predicted octanol–water partition coefficient (Wildman–Crippen LogP) is 0.367. The number of ether oxygens (including phenoxy) is 2. The van der Waals surface area contributed by atoms with Gasteiger partial charge in [0.1, 0.15) is 6.10 Å². The average molecular weight is 337 g/mol. The van der Waals surface area contributed by atoms with Crippen molar-refractivity contribution in [1.29, 1.82) is 0 Å². The van der Waals surface area contributed by atoms with Crippen LogP contribution in [0.4, 0.5) is 9.59 Å². The molecular weight excluding hydrogens is 320 g/mol. The van der Waals surface area contributed by atoms with Gasteiger partial charge in [-0.25, -0.2) is 9.59 Å². The van der Waals surface area contributed by atoms with E-state index in [4.69, 9.17) is 25.4 Å². The Morgan fingerprint density at radius 3 is 2.27 bits per heavy atom. The van der Waals surface area contributed by atoms with Crippen molar-refractivity contribution in [2.45, 2.75) is 31.1 Å². The van der Waals surface area contributed by atoms with Crippen molar-refractivity contribution in [1.82, 2.24) is 5.32 Å². The Labute approximate surface area is 131 Å². The lowest BCUT2D eigenvalue weighted by Gasteiger charge is -2.32. The molecule has 0 heterocycles. The Hall–Kier alpha value is -1.74. The highest BCUT2D eigenvalue weighted by Crippen LogP contribution is 2.76. The predicted molar refractivity (Wildman–Crippen MR) is 72.4 cm³/mol. The first-order valence-electron chi connectivity index (χ1n) is 6.66. The van der Waals surface area contributed by atoms with E-state index in [1.54, 1.807) is 0 Å². The Kier molecular flexibility index (Phi) is 3.90. The molecule has 22 heavy (non-hydrogen) atoms. The smallest absolute Gasteiger partial charge is 0.450 e. The molecule has 9 nitrogen and oxygen atoms in total. The molecule has 3 fully saturated rings. The van der Waals surface area contributed by atoms with Gasteiger partial charge in [0.2, 0.25) is 5.91 Å². The van der Waals surface area contributed by atoms with Crippen LogP contribution >= 0.6 is 12.4 Å². The Balaban J connectivity index is 0.00000176. The van der Waals surface area contributed by atoms with Crippen LogP contribution in [0.25, 0.3) is 0 Å². The highest BCUT2D eigenvalue weighted by molar-refractivity contribution is 5.85. The summed E-state index contributed by atoms with van der Waals surface area (Å²) in [5, 5.41) is 20.2. The topological polar surface area (TPSA) is 148 Å². The first-order chi connectivity index (χ1) is 9.83. The summed E-state index contributed by atoms with van der Waals surface area (Å²) < 4.78 is 9.79. The summed E-state index contributed by atoms with van der Waals surface area (Å²) in [6.07, 6.45) is -1.55. The zero-order chi connectivity index (χ0) is 15.4. The average Bonchev–Trinajstić information content (AvgIpc) is 3.21. The Morgan fingerprint density at radius 1 is 1.18 bits per heavy atom. The van der Waals surface area contributed by atoms with Crippen LogP contribution in [0.3, 0.4) is 0 Å². The van der Waals surface area contributed by atoms with Gasteiger partial charge in [-0.3, -0.25) is 4.79 Å². The molecule has 0 bridgehead atoms. The van der Waals surface area contributed by atoms with Crippen molar-refractivity contribution >= 4 is 30.6 Å². The summed E-state index contributed by atoms with van der Waals surface area (Å²) in [5.74, 6) is -1.14. The first kappa shape index (κ1) is 16.6. The summed E-state index contributed by atoms with van der Waals surface area (Å²) in [6.45, 7) is -0.306. The SMILES string of the molecule is Cl.NCC(=O)N[C@]1(OC(=O)O)CC2(CC2)[C@@H]2[C@H](OC(=O)O)[C@H]21. The minimum Gasteiger partial charge on any atom is -0.450 e. The van der Waals surface area contributed by atoms with Crippen LogP contribution < -0.4 is 11.1 Å². The number of amides is 1. The van der Waals surface area contributed by atoms with Gasteiger partial charge >= 0.3 is 12.3 Å². The summed E-state index contributed by atoms with van der Waals surface area (Å²) in [7, 11) is 0. The Morgan fingerprint density at radius 2 is 1.82 bits per heavy atom. The Bertz CT molecular complexity index is 524. The molecule has 0 aromatic heterocycles. The molecule has 124 valence electrons. The second kappa shape index (κ2) is 5.17. The monoisotopic (exact) mass is 336 g/mol. The number of fused-ring (bicyclic) bond motifs is 2. The fraction of sp³-hybridized carbons (Fsp3) is 0.750. The van der Waals surface area contributed by atoms with Gasteiger partial charge in [0.05, 0.1) is 12.5 Å². The van der Waals surface area contributed by atoms with Crippen LogP contribution in [0.5, 0.6) is 0 Å². The quantitative estimate of drug-likeness (QED) is 0.425. The molecule has 1 spiro atoms. The molecule has 0 aromatic carbocycles. The minimum atomic E-state index is -1.52. The molecule has 3 saturated carbocycles. The van der Waals surface area contributed by atoms with Gasteiger partial charge in [-0.05, 0) is 18.3 Å². The molecule has 10 heteroatoms. The highest BCUT2D eigenvalue weighted by Gasteiger charge is 2.82. The molecule has 0 unspecified atom stereocenters. The van der Waals surface area contributed by atoms with Crippen molar-refractivity contribution in [2.75, 3.05) is 6.54 Å². The van der Waals surface area contributed by atoms with Gasteiger partial charge in [-0.1, -0.05) is 0 Å². The van der Waals surface area contributed by atoms with Gasteiger partial charge in [0.25, 0.3) is 0 Å². The van der Waals surface area contributed by atoms with Crippen LogP contribution in [0, 0.1) is 17.3 Å². The number of carbonyl (C=O) groups is 3. The summed E-state index contributed by atoms with van der Waals surface area (Å²) in [5.41, 5.74) is 3.62. The zero-order valence-electron chi connectivity index (χ0n) is 11.5. The van der Waals surface area contributed by atoms with E-state index in [2.05, 4.69) is 5.32 Å². The molecule has 0 aromatic rings. The van der Waals surface area contributed by atoms with Gasteiger partial charge in [-0.15, -0.1) is 12.4 Å². The van der Waals surface area contributed by atoms with Crippen molar-refractivity contribution in [3.05, 3.63) is 0 Å². The number of nitrogens with one attached hydrogen (secondary N) is 1. The lowest BCUT2D eigenvalue weighted by Crippen LogP contribution is -2.55. The van der Waals surface area contributed by atoms with Gasteiger partial charge in [0.15, 0.2) is 5.72 Å².